The number of methoxy groups -OCH3 is 1. The van der Waals surface area contributed by atoms with Crippen LogP contribution < -0.4 is 10.5 Å². The van der Waals surface area contributed by atoms with Gasteiger partial charge in [-0.05, 0) is 80.5 Å². The molecule has 6 heteroatoms. The van der Waals surface area contributed by atoms with E-state index in [4.69, 9.17) is 10.5 Å². The number of carbonyl (C=O) groups excluding carboxylic acids is 1. The molecule has 0 aliphatic heterocycles. The summed E-state index contributed by atoms with van der Waals surface area (Å²) in [7, 11) is 5.36. The standard InChI is InChI=1S/C26H30FN3O2/c1-7-9-17(3)21(8-2)22-12-10-18(14-19(22)16-30(4)5)26(31)29-25(28)23-15-20(27)11-13-24(23)32-6/h7-15H,2,16H2,1,3-6H3,(H2,28,29,31)/b9-7-,21-17+. The number of nitrogens with zero attached hydrogens (tertiary/aromatic N) is 2. The molecule has 0 atom stereocenters. The Bertz CT molecular complexity index is 1100. The Labute approximate surface area is 189 Å². The summed E-state index contributed by atoms with van der Waals surface area (Å²) < 4.78 is 18.9. The van der Waals surface area contributed by atoms with Gasteiger partial charge in [0.25, 0.3) is 5.91 Å². The normalized spacial score (nSPS) is 12.8. The molecule has 0 aliphatic rings. The zero-order valence-electron chi connectivity index (χ0n) is 19.3. The first-order chi connectivity index (χ1) is 15.2. The van der Waals surface area contributed by atoms with Gasteiger partial charge in [-0.1, -0.05) is 30.9 Å². The number of halogens is 1. The number of amidine groups is 1. The Balaban J connectivity index is 2.53. The highest BCUT2D eigenvalue weighted by Crippen LogP contribution is 2.27. The van der Waals surface area contributed by atoms with Crippen molar-refractivity contribution in [1.29, 1.82) is 0 Å². The second kappa shape index (κ2) is 11.2. The van der Waals surface area contributed by atoms with Crippen molar-refractivity contribution >= 4 is 17.3 Å². The topological polar surface area (TPSA) is 67.9 Å². The molecule has 2 aromatic rings. The first kappa shape index (κ1) is 24.8. The van der Waals surface area contributed by atoms with Crippen LogP contribution in [0.4, 0.5) is 4.39 Å². The summed E-state index contributed by atoms with van der Waals surface area (Å²) in [6.45, 7) is 8.56. The molecule has 0 radical (unpaired) electrons. The quantitative estimate of drug-likeness (QED) is 0.361. The molecule has 0 fully saturated rings. The molecule has 0 aliphatic carbocycles. The van der Waals surface area contributed by atoms with E-state index in [1.807, 2.05) is 63.2 Å². The summed E-state index contributed by atoms with van der Waals surface area (Å²) >= 11 is 0. The highest BCUT2D eigenvalue weighted by atomic mass is 19.1. The van der Waals surface area contributed by atoms with Crippen LogP contribution in [0.5, 0.6) is 5.75 Å². The first-order valence-electron chi connectivity index (χ1n) is 10.2. The van der Waals surface area contributed by atoms with Crippen molar-refractivity contribution in [3.8, 4) is 5.75 Å². The number of ether oxygens (including phenoxy) is 1. The smallest absolute Gasteiger partial charge is 0.278 e. The van der Waals surface area contributed by atoms with Crippen LogP contribution in [0.2, 0.25) is 0 Å². The third kappa shape index (κ3) is 6.02. The average Bonchev–Trinajstić information content (AvgIpc) is 2.74. The van der Waals surface area contributed by atoms with Gasteiger partial charge in [0.2, 0.25) is 0 Å². The van der Waals surface area contributed by atoms with Gasteiger partial charge in [-0.3, -0.25) is 4.79 Å². The lowest BCUT2D eigenvalue weighted by Crippen LogP contribution is -2.18. The third-order valence-electron chi connectivity index (χ3n) is 4.83. The number of rotatable bonds is 8. The Morgan fingerprint density at radius 3 is 2.53 bits per heavy atom. The fourth-order valence-electron chi connectivity index (χ4n) is 3.40. The van der Waals surface area contributed by atoms with Crippen LogP contribution in [0.25, 0.3) is 5.57 Å². The monoisotopic (exact) mass is 435 g/mol. The van der Waals surface area contributed by atoms with E-state index >= 15 is 0 Å². The summed E-state index contributed by atoms with van der Waals surface area (Å²) in [5.74, 6) is -0.788. The van der Waals surface area contributed by atoms with E-state index in [-0.39, 0.29) is 11.4 Å². The number of benzene rings is 2. The van der Waals surface area contributed by atoms with Crippen molar-refractivity contribution in [2.45, 2.75) is 20.4 Å². The molecule has 168 valence electrons. The molecule has 5 nitrogen and oxygen atoms in total. The van der Waals surface area contributed by atoms with Crippen LogP contribution in [0.15, 0.2) is 71.8 Å². The van der Waals surface area contributed by atoms with E-state index in [1.54, 1.807) is 6.07 Å². The Hall–Kier alpha value is -3.51. The molecule has 1 amide bonds. The van der Waals surface area contributed by atoms with E-state index in [9.17, 15) is 9.18 Å². The fourth-order valence-corrected chi connectivity index (χ4v) is 3.40. The molecule has 2 N–H and O–H groups in total. The predicted molar refractivity (Wildman–Crippen MR) is 129 cm³/mol. The van der Waals surface area contributed by atoms with Gasteiger partial charge >= 0.3 is 0 Å². The van der Waals surface area contributed by atoms with Crippen LogP contribution >= 0.6 is 0 Å². The highest BCUT2D eigenvalue weighted by molar-refractivity contribution is 6.10. The maximum atomic E-state index is 13.7. The van der Waals surface area contributed by atoms with Gasteiger partial charge in [0, 0.05) is 12.1 Å². The summed E-state index contributed by atoms with van der Waals surface area (Å²) in [4.78, 5) is 18.9. The van der Waals surface area contributed by atoms with Crippen molar-refractivity contribution in [3.63, 3.8) is 0 Å². The van der Waals surface area contributed by atoms with Crippen LogP contribution in [-0.4, -0.2) is 37.8 Å². The van der Waals surface area contributed by atoms with Crippen molar-refractivity contribution in [3.05, 3.63) is 94.8 Å². The Morgan fingerprint density at radius 1 is 1.22 bits per heavy atom. The van der Waals surface area contributed by atoms with Crippen LogP contribution in [0.3, 0.4) is 0 Å². The maximum Gasteiger partial charge on any atom is 0.278 e. The zero-order chi connectivity index (χ0) is 23.8. The van der Waals surface area contributed by atoms with Gasteiger partial charge in [-0.2, -0.15) is 4.99 Å². The molecule has 0 spiro atoms. The molecule has 2 aromatic carbocycles. The first-order valence-corrected chi connectivity index (χ1v) is 10.2. The number of aliphatic imine (C=N–C) groups is 1. The SMILES string of the molecule is C=C/C(=C(C)\C=C/C)c1ccc(C(=O)N=C(N)c2cc(F)ccc2OC)cc1CN(C)C. The average molecular weight is 436 g/mol. The molecular weight excluding hydrogens is 405 g/mol. The lowest BCUT2D eigenvalue weighted by molar-refractivity contribution is 0.100. The minimum atomic E-state index is -0.519. The van der Waals surface area contributed by atoms with Crippen LogP contribution in [0, 0.1) is 5.82 Å². The van der Waals surface area contributed by atoms with Crippen LogP contribution in [-0.2, 0) is 6.54 Å². The number of allylic oxidation sites excluding steroid dienone is 5. The van der Waals surface area contributed by atoms with Gasteiger partial charge in [0.1, 0.15) is 17.4 Å². The summed E-state index contributed by atoms with van der Waals surface area (Å²) in [5, 5.41) is 0. The minimum absolute atomic E-state index is 0.111. The molecule has 0 saturated carbocycles. The third-order valence-corrected chi connectivity index (χ3v) is 4.83. The van der Waals surface area contributed by atoms with Crippen LogP contribution in [0.1, 0.15) is 40.9 Å². The van der Waals surface area contributed by atoms with Crippen molar-refractivity contribution in [2.75, 3.05) is 21.2 Å². The van der Waals surface area contributed by atoms with Gasteiger partial charge in [-0.15, -0.1) is 0 Å². The molecule has 2 rings (SSSR count). The number of hydrogen-bond acceptors (Lipinski definition) is 3. The summed E-state index contributed by atoms with van der Waals surface area (Å²) in [6, 6.07) is 9.30. The summed E-state index contributed by atoms with van der Waals surface area (Å²) in [6.07, 6.45) is 5.81. The second-order valence-electron chi connectivity index (χ2n) is 7.56. The Kier molecular flexibility index (Phi) is 8.67. The van der Waals surface area contributed by atoms with Gasteiger partial charge in [-0.25, -0.2) is 4.39 Å². The summed E-state index contributed by atoms with van der Waals surface area (Å²) in [5.41, 5.74) is 10.6. The molecular formula is C26H30FN3O2. The van der Waals surface area contributed by atoms with E-state index in [0.717, 1.165) is 22.3 Å². The van der Waals surface area contributed by atoms with Gasteiger partial charge in [0.15, 0.2) is 0 Å². The molecule has 0 aromatic heterocycles. The highest BCUT2D eigenvalue weighted by Gasteiger charge is 2.15. The van der Waals surface area contributed by atoms with E-state index in [1.165, 1.54) is 25.3 Å². The van der Waals surface area contributed by atoms with E-state index in [2.05, 4.69) is 11.6 Å². The lowest BCUT2D eigenvalue weighted by Gasteiger charge is -2.17. The molecule has 0 heterocycles. The molecule has 0 unspecified atom stereocenters. The molecule has 0 saturated heterocycles. The minimum Gasteiger partial charge on any atom is -0.496 e. The number of nitrogens with two attached hydrogens (primary N) is 1. The van der Waals surface area contributed by atoms with Crippen molar-refractivity contribution < 1.29 is 13.9 Å². The predicted octanol–water partition coefficient (Wildman–Crippen LogP) is 4.98. The number of hydrogen-bond donors (Lipinski definition) is 1. The number of carbonyl (C=O) groups is 1. The van der Waals surface area contributed by atoms with E-state index < -0.39 is 11.7 Å². The molecule has 32 heavy (non-hydrogen) atoms. The largest absolute Gasteiger partial charge is 0.496 e. The van der Waals surface area contributed by atoms with Crippen molar-refractivity contribution in [2.24, 2.45) is 10.7 Å². The maximum absolute atomic E-state index is 13.7. The fraction of sp³-hybridized carbons (Fsp3) is 0.231. The van der Waals surface area contributed by atoms with Gasteiger partial charge < -0.3 is 15.4 Å². The number of amides is 1. The lowest BCUT2D eigenvalue weighted by atomic mass is 9.93. The second-order valence-corrected chi connectivity index (χ2v) is 7.56. The van der Waals surface area contributed by atoms with Gasteiger partial charge in [0.05, 0.1) is 12.7 Å². The zero-order valence-corrected chi connectivity index (χ0v) is 19.3. The van der Waals surface area contributed by atoms with Crippen molar-refractivity contribution in [1.82, 2.24) is 4.90 Å². The molecule has 0 bridgehead atoms. The Morgan fingerprint density at radius 2 is 1.94 bits per heavy atom. The van der Waals surface area contributed by atoms with E-state index in [0.29, 0.717) is 17.9 Å².